The molecule has 19 heavy (non-hydrogen) atoms. The molecular formula is C10H14N2O5S2. The van der Waals surface area contributed by atoms with Gasteiger partial charge in [-0.25, -0.2) is 21.6 Å². The van der Waals surface area contributed by atoms with Crippen LogP contribution in [0.1, 0.15) is 5.76 Å². The highest BCUT2D eigenvalue weighted by Gasteiger charge is 2.22. The van der Waals surface area contributed by atoms with Crippen molar-refractivity contribution in [3.63, 3.8) is 0 Å². The van der Waals surface area contributed by atoms with Gasteiger partial charge in [-0.05, 0) is 19.2 Å². The maximum absolute atomic E-state index is 11.4. The molecule has 0 spiro atoms. The Kier molecular flexibility index (Phi) is 3.81. The predicted molar refractivity (Wildman–Crippen MR) is 68.5 cm³/mol. The topological polar surface area (TPSA) is 105 Å². The Hall–Kier alpha value is -1.16. The summed E-state index contributed by atoms with van der Waals surface area (Å²) in [6.45, 7) is 0.254. The van der Waals surface area contributed by atoms with Crippen molar-refractivity contribution in [2.75, 3.05) is 12.8 Å². The smallest absolute Gasteiger partial charge is 0.273 e. The van der Waals surface area contributed by atoms with Gasteiger partial charge in [0.25, 0.3) is 10.0 Å². The van der Waals surface area contributed by atoms with Gasteiger partial charge in [-0.1, -0.05) is 6.08 Å². The fourth-order valence-electron chi connectivity index (χ4n) is 1.63. The Morgan fingerprint density at radius 1 is 1.42 bits per heavy atom. The summed E-state index contributed by atoms with van der Waals surface area (Å²) in [5.74, 6) is 0.432. The van der Waals surface area contributed by atoms with Crippen molar-refractivity contribution in [3.8, 4) is 0 Å². The molecule has 2 N–H and O–H groups in total. The minimum atomic E-state index is -3.59. The van der Waals surface area contributed by atoms with E-state index in [9.17, 15) is 16.8 Å². The van der Waals surface area contributed by atoms with Gasteiger partial charge < -0.3 is 9.73 Å². The first-order valence-corrected chi connectivity index (χ1v) is 8.69. The van der Waals surface area contributed by atoms with E-state index in [1.807, 2.05) is 0 Å². The van der Waals surface area contributed by atoms with Crippen LogP contribution in [0.3, 0.4) is 0 Å². The third-order valence-electron chi connectivity index (χ3n) is 2.64. The van der Waals surface area contributed by atoms with Crippen LogP contribution in [0, 0.1) is 0 Å². The van der Waals surface area contributed by atoms with Crippen molar-refractivity contribution >= 4 is 19.9 Å². The van der Waals surface area contributed by atoms with Crippen molar-refractivity contribution in [3.05, 3.63) is 29.4 Å². The molecule has 0 bridgehead atoms. The summed E-state index contributed by atoms with van der Waals surface area (Å²) in [5.41, 5.74) is 0. The first-order valence-electron chi connectivity index (χ1n) is 5.49. The molecule has 0 aliphatic carbocycles. The van der Waals surface area contributed by atoms with Gasteiger partial charge in [0.1, 0.15) is 5.76 Å². The zero-order chi connectivity index (χ0) is 14.1. The fraction of sp³-hybridized carbons (Fsp3) is 0.400. The zero-order valence-electron chi connectivity index (χ0n) is 10.2. The van der Waals surface area contributed by atoms with Crippen LogP contribution in [0.4, 0.5) is 0 Å². The van der Waals surface area contributed by atoms with Crippen LogP contribution in [-0.2, 0) is 26.4 Å². The number of sulfone groups is 1. The van der Waals surface area contributed by atoms with E-state index >= 15 is 0 Å². The van der Waals surface area contributed by atoms with E-state index in [1.165, 1.54) is 24.6 Å². The Bertz CT molecular complexity index is 687. The molecule has 9 heteroatoms. The quantitative estimate of drug-likeness (QED) is 0.766. The number of nitrogens with one attached hydrogen (secondary N) is 2. The minimum Gasteiger partial charge on any atom is -0.447 e. The molecule has 0 saturated carbocycles. The first-order chi connectivity index (χ1) is 8.82. The molecule has 106 valence electrons. The van der Waals surface area contributed by atoms with E-state index in [0.717, 1.165) is 0 Å². The summed E-state index contributed by atoms with van der Waals surface area (Å²) in [4.78, 5) is 0. The molecule has 1 unspecified atom stereocenters. The second kappa shape index (κ2) is 5.08. The third-order valence-corrected chi connectivity index (χ3v) is 5.32. The van der Waals surface area contributed by atoms with Crippen LogP contribution in [0.15, 0.2) is 33.1 Å². The number of furan rings is 1. The highest BCUT2D eigenvalue weighted by molar-refractivity contribution is 7.94. The van der Waals surface area contributed by atoms with Gasteiger partial charge in [-0.2, -0.15) is 0 Å². The van der Waals surface area contributed by atoms with Gasteiger partial charge >= 0.3 is 0 Å². The number of sulfonamides is 1. The van der Waals surface area contributed by atoms with Gasteiger partial charge in [-0.15, -0.1) is 0 Å². The Morgan fingerprint density at radius 3 is 2.74 bits per heavy atom. The largest absolute Gasteiger partial charge is 0.447 e. The van der Waals surface area contributed by atoms with Crippen LogP contribution in [0.5, 0.6) is 0 Å². The SMILES string of the molecule is CNS(=O)(=O)c1ccc(CNC2C=CS(=O)(=O)C2)o1. The lowest BCUT2D eigenvalue weighted by molar-refractivity contribution is 0.397. The fourth-order valence-corrected chi connectivity index (χ4v) is 3.57. The van der Waals surface area contributed by atoms with Gasteiger partial charge in [0, 0.05) is 11.4 Å². The van der Waals surface area contributed by atoms with Crippen LogP contribution in [0.25, 0.3) is 0 Å². The summed E-state index contributed by atoms with van der Waals surface area (Å²) in [6.07, 6.45) is 1.56. The number of rotatable bonds is 5. The van der Waals surface area contributed by atoms with E-state index in [-0.39, 0.29) is 23.4 Å². The van der Waals surface area contributed by atoms with Crippen molar-refractivity contribution in [1.82, 2.24) is 10.0 Å². The van der Waals surface area contributed by atoms with E-state index in [4.69, 9.17) is 4.42 Å². The lowest BCUT2D eigenvalue weighted by Gasteiger charge is -2.07. The van der Waals surface area contributed by atoms with Crippen LogP contribution in [0.2, 0.25) is 0 Å². The van der Waals surface area contributed by atoms with Crippen molar-refractivity contribution in [2.24, 2.45) is 0 Å². The molecule has 0 fully saturated rings. The second-order valence-electron chi connectivity index (χ2n) is 4.07. The van der Waals surface area contributed by atoms with Crippen LogP contribution < -0.4 is 10.0 Å². The highest BCUT2D eigenvalue weighted by Crippen LogP contribution is 2.14. The van der Waals surface area contributed by atoms with E-state index in [0.29, 0.717) is 5.76 Å². The molecule has 1 aliphatic heterocycles. The van der Waals surface area contributed by atoms with Crippen LogP contribution in [-0.4, -0.2) is 35.7 Å². The molecule has 0 radical (unpaired) electrons. The van der Waals surface area contributed by atoms with Crippen molar-refractivity contribution in [2.45, 2.75) is 17.7 Å². The van der Waals surface area contributed by atoms with Gasteiger partial charge in [0.05, 0.1) is 12.3 Å². The normalized spacial score (nSPS) is 21.8. The lowest BCUT2D eigenvalue weighted by Crippen LogP contribution is -2.29. The van der Waals surface area contributed by atoms with Gasteiger partial charge in [0.15, 0.2) is 9.84 Å². The molecule has 2 rings (SSSR count). The summed E-state index contributed by atoms with van der Waals surface area (Å²) in [6, 6.07) is 2.61. The molecule has 2 heterocycles. The zero-order valence-corrected chi connectivity index (χ0v) is 11.8. The number of hydrogen-bond acceptors (Lipinski definition) is 6. The van der Waals surface area contributed by atoms with E-state index in [1.54, 1.807) is 6.08 Å². The maximum atomic E-state index is 11.4. The highest BCUT2D eigenvalue weighted by atomic mass is 32.2. The Balaban J connectivity index is 1.97. The standard InChI is InChI=1S/C10H14N2O5S2/c1-11-19(15,16)10-3-2-9(17-10)6-12-8-4-5-18(13,14)7-8/h2-5,8,11-12H,6-7H2,1H3. The summed E-state index contributed by atoms with van der Waals surface area (Å²) in [7, 11) is -5.39. The van der Waals surface area contributed by atoms with E-state index < -0.39 is 19.9 Å². The predicted octanol–water partition coefficient (Wildman–Crippen LogP) is -0.412. The molecule has 1 atom stereocenters. The van der Waals surface area contributed by atoms with Crippen molar-refractivity contribution < 1.29 is 21.3 Å². The lowest BCUT2D eigenvalue weighted by atomic mass is 10.3. The maximum Gasteiger partial charge on any atom is 0.273 e. The average Bonchev–Trinajstić information content (AvgIpc) is 2.93. The molecule has 0 aromatic carbocycles. The summed E-state index contributed by atoms with van der Waals surface area (Å²) in [5, 5.41) is 3.97. The molecule has 7 nitrogen and oxygen atoms in total. The van der Waals surface area contributed by atoms with Crippen molar-refractivity contribution in [1.29, 1.82) is 0 Å². The molecular weight excluding hydrogens is 292 g/mol. The first kappa shape index (κ1) is 14.3. The summed E-state index contributed by atoms with van der Waals surface area (Å²) >= 11 is 0. The molecule has 1 aromatic heterocycles. The van der Waals surface area contributed by atoms with Gasteiger partial charge in [0.2, 0.25) is 5.09 Å². The average molecular weight is 306 g/mol. The van der Waals surface area contributed by atoms with Crippen LogP contribution >= 0.6 is 0 Å². The molecule has 1 aliphatic rings. The van der Waals surface area contributed by atoms with E-state index in [2.05, 4.69) is 10.0 Å². The Labute approximate surface area is 111 Å². The molecule has 0 amide bonds. The summed E-state index contributed by atoms with van der Waals surface area (Å²) < 4.78 is 52.6. The monoisotopic (exact) mass is 306 g/mol. The van der Waals surface area contributed by atoms with Gasteiger partial charge in [-0.3, -0.25) is 0 Å². The second-order valence-corrected chi connectivity index (χ2v) is 7.82. The molecule has 0 saturated heterocycles. The molecule has 1 aromatic rings. The third kappa shape index (κ3) is 3.44. The Morgan fingerprint density at radius 2 is 2.16 bits per heavy atom. The number of hydrogen-bond donors (Lipinski definition) is 2. The minimum absolute atomic E-state index is 0.00931.